The molecule has 1 atom stereocenters. The largest absolute Gasteiger partial charge is 0.502 e. The van der Waals surface area contributed by atoms with E-state index in [-0.39, 0.29) is 11.7 Å². The summed E-state index contributed by atoms with van der Waals surface area (Å²) in [6.45, 7) is 1.88. The fourth-order valence-electron chi connectivity index (χ4n) is 2.02. The standard InChI is InChI=1S/C16H16N2O5/c1-10(23-2)11-4-3-5-13(8-11)17-16(20)12-6-7-15(19)14(9-12)18(21)22/h3-10,19H,1-2H3,(H,17,20)/t10-/m0/s1. The van der Waals surface area contributed by atoms with E-state index in [0.29, 0.717) is 5.69 Å². The van der Waals surface area contributed by atoms with Crippen LogP contribution in [-0.2, 0) is 4.74 Å². The van der Waals surface area contributed by atoms with E-state index in [9.17, 15) is 20.0 Å². The van der Waals surface area contributed by atoms with E-state index in [4.69, 9.17) is 4.74 Å². The van der Waals surface area contributed by atoms with E-state index in [1.807, 2.05) is 13.0 Å². The molecule has 0 aliphatic rings. The fraction of sp³-hybridized carbons (Fsp3) is 0.188. The van der Waals surface area contributed by atoms with Crippen molar-refractivity contribution < 1.29 is 19.6 Å². The van der Waals surface area contributed by atoms with Gasteiger partial charge in [0.05, 0.1) is 11.0 Å². The summed E-state index contributed by atoms with van der Waals surface area (Å²) in [6.07, 6.45) is -0.124. The minimum atomic E-state index is -0.743. The molecule has 7 heteroatoms. The third-order valence-corrected chi connectivity index (χ3v) is 3.40. The predicted octanol–water partition coefficient (Wildman–Crippen LogP) is 3.26. The normalized spacial score (nSPS) is 11.7. The molecule has 0 aromatic heterocycles. The number of hydrogen-bond donors (Lipinski definition) is 2. The van der Waals surface area contributed by atoms with Crippen molar-refractivity contribution in [2.75, 3.05) is 12.4 Å². The molecule has 0 saturated heterocycles. The number of rotatable bonds is 5. The summed E-state index contributed by atoms with van der Waals surface area (Å²) < 4.78 is 5.22. The van der Waals surface area contributed by atoms with Gasteiger partial charge in [-0.15, -0.1) is 0 Å². The Bertz CT molecular complexity index is 745. The highest BCUT2D eigenvalue weighted by atomic mass is 16.6. The minimum Gasteiger partial charge on any atom is -0.502 e. The van der Waals surface area contributed by atoms with Gasteiger partial charge < -0.3 is 15.2 Å². The number of phenolic OH excluding ortho intramolecular Hbond substituents is 1. The molecule has 2 aromatic carbocycles. The van der Waals surface area contributed by atoms with Crippen LogP contribution in [0, 0.1) is 10.1 Å². The molecule has 2 N–H and O–H groups in total. The minimum absolute atomic E-state index is 0.0830. The van der Waals surface area contributed by atoms with Crippen LogP contribution in [0.25, 0.3) is 0 Å². The van der Waals surface area contributed by atoms with Crippen LogP contribution in [0.3, 0.4) is 0 Å². The summed E-state index contributed by atoms with van der Waals surface area (Å²) in [5, 5.41) is 22.9. The van der Waals surface area contributed by atoms with Gasteiger partial charge in [0.15, 0.2) is 5.75 Å². The van der Waals surface area contributed by atoms with Gasteiger partial charge in [-0.2, -0.15) is 0 Å². The molecule has 1 amide bonds. The van der Waals surface area contributed by atoms with Crippen LogP contribution in [0.1, 0.15) is 28.9 Å². The maximum absolute atomic E-state index is 12.2. The van der Waals surface area contributed by atoms with E-state index < -0.39 is 22.3 Å². The predicted molar refractivity (Wildman–Crippen MR) is 84.6 cm³/mol. The van der Waals surface area contributed by atoms with Crippen molar-refractivity contribution in [2.24, 2.45) is 0 Å². The first-order chi connectivity index (χ1) is 10.9. The van der Waals surface area contributed by atoms with Crippen molar-refractivity contribution in [3.8, 4) is 5.75 Å². The van der Waals surface area contributed by atoms with Crippen molar-refractivity contribution in [3.05, 3.63) is 63.7 Å². The first-order valence-electron chi connectivity index (χ1n) is 6.84. The molecule has 0 aliphatic heterocycles. The Kier molecular flexibility index (Phi) is 4.92. The lowest BCUT2D eigenvalue weighted by Crippen LogP contribution is -2.12. The molecular weight excluding hydrogens is 300 g/mol. The number of benzene rings is 2. The molecular formula is C16H16N2O5. The van der Waals surface area contributed by atoms with Gasteiger partial charge in [-0.1, -0.05) is 12.1 Å². The molecule has 0 heterocycles. The average molecular weight is 316 g/mol. The summed E-state index contributed by atoms with van der Waals surface area (Å²) >= 11 is 0. The number of methoxy groups -OCH3 is 1. The Labute approximate surface area is 132 Å². The number of carbonyl (C=O) groups excluding carboxylic acids is 1. The number of amides is 1. The lowest BCUT2D eigenvalue weighted by atomic mass is 10.1. The maximum Gasteiger partial charge on any atom is 0.311 e. The fourth-order valence-corrected chi connectivity index (χ4v) is 2.02. The van der Waals surface area contributed by atoms with Crippen molar-refractivity contribution >= 4 is 17.3 Å². The molecule has 0 bridgehead atoms. The van der Waals surface area contributed by atoms with E-state index in [1.165, 1.54) is 6.07 Å². The number of hydrogen-bond acceptors (Lipinski definition) is 5. The lowest BCUT2D eigenvalue weighted by molar-refractivity contribution is -0.385. The third-order valence-electron chi connectivity index (χ3n) is 3.40. The monoisotopic (exact) mass is 316 g/mol. The number of carbonyl (C=O) groups is 1. The summed E-state index contributed by atoms with van der Waals surface area (Å²) in [4.78, 5) is 22.3. The SMILES string of the molecule is CO[C@@H](C)c1cccc(NC(=O)c2ccc(O)c([N+](=O)[O-])c2)c1. The number of nitro groups is 1. The number of nitro benzene ring substituents is 1. The molecule has 0 aliphatic carbocycles. The van der Waals surface area contributed by atoms with Gasteiger partial charge in [0.2, 0.25) is 0 Å². The van der Waals surface area contributed by atoms with Crippen LogP contribution < -0.4 is 5.32 Å². The smallest absolute Gasteiger partial charge is 0.311 e. The molecule has 2 rings (SSSR count). The Morgan fingerprint density at radius 1 is 1.30 bits per heavy atom. The molecule has 23 heavy (non-hydrogen) atoms. The van der Waals surface area contributed by atoms with Gasteiger partial charge in [0.25, 0.3) is 5.91 Å². The Balaban J connectivity index is 2.22. The number of nitrogens with one attached hydrogen (secondary N) is 1. The zero-order chi connectivity index (χ0) is 17.0. The summed E-state index contributed by atoms with van der Waals surface area (Å²) in [5.41, 5.74) is 1.01. The van der Waals surface area contributed by atoms with Crippen LogP contribution in [0.4, 0.5) is 11.4 Å². The first kappa shape index (κ1) is 16.4. The van der Waals surface area contributed by atoms with Gasteiger partial charge >= 0.3 is 5.69 Å². The van der Waals surface area contributed by atoms with Gasteiger partial charge in [-0.25, -0.2) is 0 Å². The Hall–Kier alpha value is -2.93. The van der Waals surface area contributed by atoms with Crippen LogP contribution in [-0.4, -0.2) is 23.0 Å². The summed E-state index contributed by atoms with van der Waals surface area (Å²) in [6, 6.07) is 10.6. The molecule has 0 spiro atoms. The van der Waals surface area contributed by atoms with Gasteiger partial charge in [-0.3, -0.25) is 14.9 Å². The molecule has 120 valence electrons. The van der Waals surface area contributed by atoms with E-state index in [2.05, 4.69) is 5.32 Å². The van der Waals surface area contributed by atoms with Crippen LogP contribution in [0.2, 0.25) is 0 Å². The zero-order valence-electron chi connectivity index (χ0n) is 12.6. The van der Waals surface area contributed by atoms with Gasteiger partial charge in [0.1, 0.15) is 0 Å². The second-order valence-electron chi connectivity index (χ2n) is 4.92. The number of phenols is 1. The average Bonchev–Trinajstić information content (AvgIpc) is 2.54. The molecule has 0 radical (unpaired) electrons. The molecule has 0 fully saturated rings. The highest BCUT2D eigenvalue weighted by molar-refractivity contribution is 6.04. The lowest BCUT2D eigenvalue weighted by Gasteiger charge is -2.12. The second kappa shape index (κ2) is 6.89. The summed E-state index contributed by atoms with van der Waals surface area (Å²) in [7, 11) is 1.59. The van der Waals surface area contributed by atoms with Crippen molar-refractivity contribution in [3.63, 3.8) is 0 Å². The molecule has 7 nitrogen and oxygen atoms in total. The van der Waals surface area contributed by atoms with Crippen molar-refractivity contribution in [2.45, 2.75) is 13.0 Å². The quantitative estimate of drug-likeness (QED) is 0.651. The number of anilines is 1. The first-order valence-corrected chi connectivity index (χ1v) is 6.84. The number of aromatic hydroxyl groups is 1. The zero-order valence-corrected chi connectivity index (χ0v) is 12.6. The van der Waals surface area contributed by atoms with Crippen molar-refractivity contribution in [1.82, 2.24) is 0 Å². The van der Waals surface area contributed by atoms with Crippen LogP contribution >= 0.6 is 0 Å². The van der Waals surface area contributed by atoms with E-state index >= 15 is 0 Å². The van der Waals surface area contributed by atoms with Crippen LogP contribution in [0.5, 0.6) is 5.75 Å². The summed E-state index contributed by atoms with van der Waals surface area (Å²) in [5.74, 6) is -0.988. The van der Waals surface area contributed by atoms with Gasteiger partial charge in [0, 0.05) is 24.4 Å². The molecule has 0 unspecified atom stereocenters. The highest BCUT2D eigenvalue weighted by Crippen LogP contribution is 2.27. The van der Waals surface area contributed by atoms with Crippen LogP contribution in [0.15, 0.2) is 42.5 Å². The van der Waals surface area contributed by atoms with E-state index in [1.54, 1.807) is 25.3 Å². The Morgan fingerprint density at radius 2 is 2.04 bits per heavy atom. The van der Waals surface area contributed by atoms with Crippen molar-refractivity contribution in [1.29, 1.82) is 0 Å². The Morgan fingerprint density at radius 3 is 2.70 bits per heavy atom. The molecule has 0 saturated carbocycles. The number of ether oxygens (including phenoxy) is 1. The van der Waals surface area contributed by atoms with Gasteiger partial charge in [-0.05, 0) is 36.8 Å². The number of nitrogens with zero attached hydrogens (tertiary/aromatic N) is 1. The second-order valence-corrected chi connectivity index (χ2v) is 4.92. The highest BCUT2D eigenvalue weighted by Gasteiger charge is 2.17. The topological polar surface area (TPSA) is 102 Å². The third kappa shape index (κ3) is 3.83. The molecule has 2 aromatic rings. The maximum atomic E-state index is 12.2. The van der Waals surface area contributed by atoms with E-state index in [0.717, 1.165) is 17.7 Å².